The first-order valence-corrected chi connectivity index (χ1v) is 7.46. The van der Waals surface area contributed by atoms with E-state index >= 15 is 0 Å². The fourth-order valence-corrected chi connectivity index (χ4v) is 2.05. The van der Waals surface area contributed by atoms with Gasteiger partial charge in [0.05, 0.1) is 6.54 Å². The summed E-state index contributed by atoms with van der Waals surface area (Å²) in [6.07, 6.45) is -3.33. The molecule has 0 atom stereocenters. The topological polar surface area (TPSA) is 60.5 Å². The second-order valence-electron chi connectivity index (χ2n) is 5.64. The van der Waals surface area contributed by atoms with Crippen LogP contribution in [0, 0.1) is 5.82 Å². The van der Waals surface area contributed by atoms with E-state index in [0.717, 1.165) is 17.7 Å². The quantitative estimate of drug-likeness (QED) is 0.498. The van der Waals surface area contributed by atoms with Gasteiger partial charge in [0.15, 0.2) is 11.6 Å². The molecule has 1 aromatic heterocycles. The highest BCUT2D eigenvalue weighted by molar-refractivity contribution is 5.95. The van der Waals surface area contributed by atoms with Crippen molar-refractivity contribution >= 4 is 5.84 Å². The third kappa shape index (κ3) is 5.44. The summed E-state index contributed by atoms with van der Waals surface area (Å²) in [5, 5.41) is 0. The molecule has 4 nitrogen and oxygen atoms in total. The molecule has 2 aromatic rings. The van der Waals surface area contributed by atoms with E-state index in [9.17, 15) is 17.6 Å². The van der Waals surface area contributed by atoms with E-state index in [-0.39, 0.29) is 12.4 Å². The number of nitrogens with zero attached hydrogens (tertiary/aromatic N) is 2. The first-order valence-electron chi connectivity index (χ1n) is 7.46. The Balaban J connectivity index is 2.13. The van der Waals surface area contributed by atoms with Gasteiger partial charge >= 0.3 is 6.36 Å². The van der Waals surface area contributed by atoms with Gasteiger partial charge in [-0.2, -0.15) is 0 Å². The molecule has 1 heterocycles. The molecule has 25 heavy (non-hydrogen) atoms. The number of aliphatic imine (C=N–C) groups is 1. The van der Waals surface area contributed by atoms with Crippen molar-refractivity contribution in [2.45, 2.75) is 32.7 Å². The number of halogens is 4. The van der Waals surface area contributed by atoms with Gasteiger partial charge in [0, 0.05) is 6.20 Å². The van der Waals surface area contributed by atoms with E-state index in [1.165, 1.54) is 6.07 Å². The number of alkyl halides is 3. The zero-order valence-electron chi connectivity index (χ0n) is 13.6. The minimum atomic E-state index is -4.95. The molecule has 0 radical (unpaired) electrons. The van der Waals surface area contributed by atoms with Gasteiger partial charge in [-0.25, -0.2) is 4.39 Å². The Kier molecular flexibility index (Phi) is 5.61. The molecule has 0 fully saturated rings. The second kappa shape index (κ2) is 7.50. The first kappa shape index (κ1) is 18.7. The summed E-state index contributed by atoms with van der Waals surface area (Å²) >= 11 is 0. The van der Waals surface area contributed by atoms with Gasteiger partial charge in [-0.3, -0.25) is 9.98 Å². The van der Waals surface area contributed by atoms with Crippen LogP contribution in [0.5, 0.6) is 5.75 Å². The van der Waals surface area contributed by atoms with Crippen molar-refractivity contribution in [1.82, 2.24) is 4.98 Å². The van der Waals surface area contributed by atoms with E-state index in [0.29, 0.717) is 17.2 Å². The van der Waals surface area contributed by atoms with Gasteiger partial charge in [0.2, 0.25) is 0 Å². The molecule has 2 N–H and O–H groups in total. The molecule has 8 heteroatoms. The Morgan fingerprint density at radius 3 is 2.56 bits per heavy atom. The van der Waals surface area contributed by atoms with Crippen molar-refractivity contribution in [3.8, 4) is 5.75 Å². The summed E-state index contributed by atoms with van der Waals surface area (Å²) in [4.78, 5) is 8.24. The largest absolute Gasteiger partial charge is 0.573 e. The second-order valence-corrected chi connectivity index (χ2v) is 5.64. The maximum atomic E-state index is 13.7. The standard InChI is InChI=1S/C17H17F4N3O/c1-10(2)12-5-6-23-14(8-12)16(22)24-9-11-3-4-15(13(18)7-11)25-17(19,20)21/h3-8,10H,9H2,1-2H3,(H2,22,24). The van der Waals surface area contributed by atoms with Crippen molar-refractivity contribution in [3.05, 3.63) is 59.2 Å². The molecule has 0 spiro atoms. The van der Waals surface area contributed by atoms with E-state index in [4.69, 9.17) is 5.73 Å². The summed E-state index contributed by atoms with van der Waals surface area (Å²) in [5.41, 5.74) is 7.77. The number of benzene rings is 1. The van der Waals surface area contributed by atoms with Gasteiger partial charge in [0.25, 0.3) is 0 Å². The van der Waals surface area contributed by atoms with E-state index in [1.54, 1.807) is 6.20 Å². The van der Waals surface area contributed by atoms with Crippen molar-refractivity contribution in [1.29, 1.82) is 0 Å². The number of rotatable bonds is 5. The zero-order valence-corrected chi connectivity index (χ0v) is 13.6. The molecule has 0 saturated heterocycles. The number of pyridine rings is 1. The fraction of sp³-hybridized carbons (Fsp3) is 0.294. The van der Waals surface area contributed by atoms with Crippen LogP contribution in [0.4, 0.5) is 17.6 Å². The van der Waals surface area contributed by atoms with Gasteiger partial charge in [0.1, 0.15) is 11.5 Å². The lowest BCUT2D eigenvalue weighted by atomic mass is 10.0. The Morgan fingerprint density at radius 2 is 1.96 bits per heavy atom. The molecule has 0 amide bonds. The normalized spacial score (nSPS) is 12.5. The number of hydrogen-bond donors (Lipinski definition) is 1. The summed E-state index contributed by atoms with van der Waals surface area (Å²) in [7, 11) is 0. The third-order valence-corrected chi connectivity index (χ3v) is 3.37. The number of aromatic nitrogens is 1. The summed E-state index contributed by atoms with van der Waals surface area (Å²) in [5.74, 6) is -1.55. The van der Waals surface area contributed by atoms with Crippen molar-refractivity contribution < 1.29 is 22.3 Å². The predicted molar refractivity (Wildman–Crippen MR) is 85.8 cm³/mol. The molecule has 0 saturated carbocycles. The zero-order chi connectivity index (χ0) is 18.6. The molecule has 0 aliphatic rings. The van der Waals surface area contributed by atoms with Crippen molar-refractivity contribution in [2.24, 2.45) is 10.7 Å². The molecule has 0 aliphatic heterocycles. The SMILES string of the molecule is CC(C)c1ccnc(C(N)=NCc2ccc(OC(F)(F)F)c(F)c2)c1. The highest BCUT2D eigenvalue weighted by Crippen LogP contribution is 2.26. The average molecular weight is 355 g/mol. The lowest BCUT2D eigenvalue weighted by Crippen LogP contribution is -2.18. The van der Waals surface area contributed by atoms with Crippen molar-refractivity contribution in [3.63, 3.8) is 0 Å². The molecule has 0 aliphatic carbocycles. The molecule has 1 aromatic carbocycles. The lowest BCUT2D eigenvalue weighted by molar-refractivity contribution is -0.275. The van der Waals surface area contributed by atoms with Crippen LogP contribution < -0.4 is 10.5 Å². The van der Waals surface area contributed by atoms with Gasteiger partial charge < -0.3 is 10.5 Å². The molecule has 0 unspecified atom stereocenters. The van der Waals surface area contributed by atoms with Crippen LogP contribution in [-0.4, -0.2) is 17.2 Å². The van der Waals surface area contributed by atoms with Crippen LogP contribution in [0.1, 0.15) is 36.6 Å². The van der Waals surface area contributed by atoms with E-state index in [2.05, 4.69) is 14.7 Å². The Morgan fingerprint density at radius 1 is 1.24 bits per heavy atom. The van der Waals surface area contributed by atoms with Gasteiger partial charge in [-0.15, -0.1) is 13.2 Å². The minimum Gasteiger partial charge on any atom is -0.403 e. The summed E-state index contributed by atoms with van der Waals surface area (Å²) in [6, 6.07) is 6.80. The van der Waals surface area contributed by atoms with Crippen LogP contribution >= 0.6 is 0 Å². The van der Waals surface area contributed by atoms with Crippen LogP contribution in [0.3, 0.4) is 0 Å². The molecule has 134 valence electrons. The van der Waals surface area contributed by atoms with E-state index < -0.39 is 17.9 Å². The predicted octanol–water partition coefficient (Wildman–Crippen LogP) is 4.15. The summed E-state index contributed by atoms with van der Waals surface area (Å²) < 4.78 is 53.6. The Labute approximate surface area is 142 Å². The van der Waals surface area contributed by atoms with Gasteiger partial charge in [-0.1, -0.05) is 19.9 Å². The van der Waals surface area contributed by atoms with Crippen molar-refractivity contribution in [2.75, 3.05) is 0 Å². The number of nitrogens with two attached hydrogens (primary N) is 1. The third-order valence-electron chi connectivity index (χ3n) is 3.37. The Bertz CT molecular complexity index is 773. The monoisotopic (exact) mass is 355 g/mol. The van der Waals surface area contributed by atoms with E-state index in [1.807, 2.05) is 26.0 Å². The smallest absolute Gasteiger partial charge is 0.403 e. The first-order chi connectivity index (χ1) is 11.7. The van der Waals surface area contributed by atoms with Crippen LogP contribution in [0.25, 0.3) is 0 Å². The number of amidine groups is 1. The van der Waals surface area contributed by atoms with Crippen LogP contribution in [0.15, 0.2) is 41.5 Å². The molecule has 0 bridgehead atoms. The Hall–Kier alpha value is -2.64. The highest BCUT2D eigenvalue weighted by atomic mass is 19.4. The maximum Gasteiger partial charge on any atom is 0.573 e. The average Bonchev–Trinajstić information content (AvgIpc) is 2.54. The van der Waals surface area contributed by atoms with Gasteiger partial charge in [-0.05, 0) is 41.3 Å². The fourth-order valence-electron chi connectivity index (χ4n) is 2.05. The maximum absolute atomic E-state index is 13.7. The minimum absolute atomic E-state index is 0.00262. The number of hydrogen-bond acceptors (Lipinski definition) is 3. The molecular weight excluding hydrogens is 338 g/mol. The summed E-state index contributed by atoms with van der Waals surface area (Å²) in [6.45, 7) is 4.06. The molecular formula is C17H17F4N3O. The van der Waals surface area contributed by atoms with Crippen LogP contribution in [0.2, 0.25) is 0 Å². The van der Waals surface area contributed by atoms with Crippen LogP contribution in [-0.2, 0) is 6.54 Å². The lowest BCUT2D eigenvalue weighted by Gasteiger charge is -2.10. The highest BCUT2D eigenvalue weighted by Gasteiger charge is 2.32. The molecule has 2 rings (SSSR count). The number of ether oxygens (including phenoxy) is 1.